The Balaban J connectivity index is 1.43. The number of carbonyl (C=O) groups is 1. The SMILES string of the molecule is O=C(NC[C@@H](c1ccccc1)N1CCCC1)c1ccc(-n2cccc2)cc1. The maximum atomic E-state index is 12.7. The molecule has 0 unspecified atom stereocenters. The quantitative estimate of drug-likeness (QED) is 0.721. The molecule has 138 valence electrons. The van der Waals surface area contributed by atoms with Crippen molar-refractivity contribution in [1.82, 2.24) is 14.8 Å². The maximum Gasteiger partial charge on any atom is 0.251 e. The second-order valence-corrected chi connectivity index (χ2v) is 7.02. The Morgan fingerprint density at radius 2 is 1.56 bits per heavy atom. The van der Waals surface area contributed by atoms with Gasteiger partial charge in [-0.3, -0.25) is 9.69 Å². The first kappa shape index (κ1) is 17.6. The highest BCUT2D eigenvalue weighted by Crippen LogP contribution is 2.24. The molecule has 27 heavy (non-hydrogen) atoms. The minimum Gasteiger partial charge on any atom is -0.350 e. The number of benzene rings is 2. The van der Waals surface area contributed by atoms with Crippen molar-refractivity contribution in [1.29, 1.82) is 0 Å². The number of hydrogen-bond acceptors (Lipinski definition) is 2. The molecule has 3 aromatic rings. The minimum atomic E-state index is -0.0193. The van der Waals surface area contributed by atoms with E-state index in [2.05, 4.69) is 34.5 Å². The summed E-state index contributed by atoms with van der Waals surface area (Å²) in [6.45, 7) is 2.82. The molecular formula is C23H25N3O. The Labute approximate surface area is 160 Å². The van der Waals surface area contributed by atoms with Gasteiger partial charge >= 0.3 is 0 Å². The smallest absolute Gasteiger partial charge is 0.251 e. The number of rotatable bonds is 6. The standard InChI is InChI=1S/C23H25N3O/c27-23(20-10-12-21(13-11-20)25-14-4-5-15-25)24-18-22(26-16-6-7-17-26)19-8-2-1-3-9-19/h1-5,8-15,22H,6-7,16-18H2,(H,24,27)/t22-/m0/s1. The van der Waals surface area contributed by atoms with E-state index in [1.54, 1.807) is 0 Å². The Kier molecular flexibility index (Phi) is 5.35. The zero-order chi connectivity index (χ0) is 18.5. The molecule has 2 aromatic carbocycles. The topological polar surface area (TPSA) is 37.3 Å². The van der Waals surface area contributed by atoms with E-state index in [-0.39, 0.29) is 11.9 Å². The van der Waals surface area contributed by atoms with Crippen LogP contribution in [-0.4, -0.2) is 35.0 Å². The number of amides is 1. The second-order valence-electron chi connectivity index (χ2n) is 7.02. The predicted molar refractivity (Wildman–Crippen MR) is 108 cm³/mol. The predicted octanol–water partition coefficient (Wildman–Crippen LogP) is 4.04. The molecule has 0 aliphatic carbocycles. The van der Waals surface area contributed by atoms with Crippen LogP contribution in [-0.2, 0) is 0 Å². The van der Waals surface area contributed by atoms with E-state index in [0.29, 0.717) is 12.1 Å². The van der Waals surface area contributed by atoms with Gasteiger partial charge in [0.05, 0.1) is 6.04 Å². The van der Waals surface area contributed by atoms with Gasteiger partial charge in [-0.2, -0.15) is 0 Å². The van der Waals surface area contributed by atoms with Crippen molar-refractivity contribution in [3.63, 3.8) is 0 Å². The maximum absolute atomic E-state index is 12.7. The van der Waals surface area contributed by atoms with Gasteiger partial charge in [-0.25, -0.2) is 0 Å². The molecule has 1 amide bonds. The molecule has 0 bridgehead atoms. The fraction of sp³-hybridized carbons (Fsp3) is 0.261. The second kappa shape index (κ2) is 8.23. The Morgan fingerprint density at radius 3 is 2.22 bits per heavy atom. The summed E-state index contributed by atoms with van der Waals surface area (Å²) in [5.74, 6) is -0.0193. The Hall–Kier alpha value is -2.85. The number of hydrogen-bond donors (Lipinski definition) is 1. The average molecular weight is 359 g/mol. The highest BCUT2D eigenvalue weighted by molar-refractivity contribution is 5.94. The molecule has 2 heterocycles. The molecule has 1 saturated heterocycles. The summed E-state index contributed by atoms with van der Waals surface area (Å²) < 4.78 is 2.03. The third-order valence-corrected chi connectivity index (χ3v) is 5.25. The first-order valence-corrected chi connectivity index (χ1v) is 9.62. The van der Waals surface area contributed by atoms with Crippen LogP contribution in [0.25, 0.3) is 5.69 Å². The number of likely N-dealkylation sites (tertiary alicyclic amines) is 1. The van der Waals surface area contributed by atoms with Gasteiger partial charge in [0.15, 0.2) is 0 Å². The van der Waals surface area contributed by atoms with Crippen LogP contribution >= 0.6 is 0 Å². The van der Waals surface area contributed by atoms with Crippen molar-refractivity contribution in [2.75, 3.05) is 19.6 Å². The molecule has 1 atom stereocenters. The first-order chi connectivity index (χ1) is 13.3. The molecule has 0 spiro atoms. The zero-order valence-corrected chi connectivity index (χ0v) is 15.4. The van der Waals surface area contributed by atoms with E-state index >= 15 is 0 Å². The highest BCUT2D eigenvalue weighted by atomic mass is 16.1. The van der Waals surface area contributed by atoms with Gasteiger partial charge in [-0.05, 0) is 67.9 Å². The molecule has 1 aromatic heterocycles. The van der Waals surface area contributed by atoms with Crippen molar-refractivity contribution in [2.24, 2.45) is 0 Å². The third-order valence-electron chi connectivity index (χ3n) is 5.25. The van der Waals surface area contributed by atoms with Crippen molar-refractivity contribution >= 4 is 5.91 Å². The number of nitrogens with zero attached hydrogens (tertiary/aromatic N) is 2. The summed E-state index contributed by atoms with van der Waals surface area (Å²) >= 11 is 0. The fourth-order valence-corrected chi connectivity index (χ4v) is 3.77. The summed E-state index contributed by atoms with van der Waals surface area (Å²) in [5, 5.41) is 3.14. The van der Waals surface area contributed by atoms with Gasteiger partial charge in [0.1, 0.15) is 0 Å². The zero-order valence-electron chi connectivity index (χ0n) is 15.4. The Bertz CT molecular complexity index is 850. The van der Waals surface area contributed by atoms with Gasteiger partial charge < -0.3 is 9.88 Å². The van der Waals surface area contributed by atoms with Crippen LogP contribution in [0.3, 0.4) is 0 Å². The van der Waals surface area contributed by atoms with Crippen molar-refractivity contribution < 1.29 is 4.79 Å². The van der Waals surface area contributed by atoms with E-state index in [9.17, 15) is 4.79 Å². The van der Waals surface area contributed by atoms with Crippen LogP contribution in [0.2, 0.25) is 0 Å². The lowest BCUT2D eigenvalue weighted by atomic mass is 10.1. The molecular weight excluding hydrogens is 334 g/mol. The summed E-state index contributed by atoms with van der Waals surface area (Å²) in [6.07, 6.45) is 6.46. The summed E-state index contributed by atoms with van der Waals surface area (Å²) in [5.41, 5.74) is 3.01. The fourth-order valence-electron chi connectivity index (χ4n) is 3.77. The van der Waals surface area contributed by atoms with Crippen LogP contribution in [0, 0.1) is 0 Å². The third kappa shape index (κ3) is 4.12. The highest BCUT2D eigenvalue weighted by Gasteiger charge is 2.23. The molecule has 0 radical (unpaired) electrons. The van der Waals surface area contributed by atoms with Crippen molar-refractivity contribution in [3.05, 3.63) is 90.3 Å². The average Bonchev–Trinajstić information content (AvgIpc) is 3.43. The molecule has 4 rings (SSSR count). The summed E-state index contributed by atoms with van der Waals surface area (Å²) in [4.78, 5) is 15.1. The molecule has 1 N–H and O–H groups in total. The lowest BCUT2D eigenvalue weighted by Gasteiger charge is -2.28. The van der Waals surface area contributed by atoms with E-state index in [4.69, 9.17) is 0 Å². The lowest BCUT2D eigenvalue weighted by molar-refractivity contribution is 0.0938. The normalized spacial score (nSPS) is 15.6. The van der Waals surface area contributed by atoms with E-state index < -0.39 is 0 Å². The molecule has 4 heteroatoms. The largest absolute Gasteiger partial charge is 0.350 e. The van der Waals surface area contributed by atoms with Gasteiger partial charge in [0.2, 0.25) is 0 Å². The Morgan fingerprint density at radius 1 is 0.889 bits per heavy atom. The van der Waals surface area contributed by atoms with Crippen molar-refractivity contribution in [2.45, 2.75) is 18.9 Å². The van der Waals surface area contributed by atoms with Crippen molar-refractivity contribution in [3.8, 4) is 5.69 Å². The van der Waals surface area contributed by atoms with Gasteiger partial charge in [-0.15, -0.1) is 0 Å². The van der Waals surface area contributed by atoms with Gasteiger partial charge in [0.25, 0.3) is 5.91 Å². The van der Waals surface area contributed by atoms with Gasteiger partial charge in [-0.1, -0.05) is 30.3 Å². The van der Waals surface area contributed by atoms with Crippen LogP contribution < -0.4 is 5.32 Å². The van der Waals surface area contributed by atoms with Gasteiger partial charge in [0, 0.05) is 30.2 Å². The number of nitrogens with one attached hydrogen (secondary N) is 1. The monoisotopic (exact) mass is 359 g/mol. The lowest BCUT2D eigenvalue weighted by Crippen LogP contribution is -2.36. The number of aromatic nitrogens is 1. The molecule has 1 aliphatic rings. The first-order valence-electron chi connectivity index (χ1n) is 9.62. The summed E-state index contributed by atoms with van der Waals surface area (Å²) in [7, 11) is 0. The molecule has 4 nitrogen and oxygen atoms in total. The van der Waals surface area contributed by atoms with E-state index in [0.717, 1.165) is 18.8 Å². The van der Waals surface area contributed by atoms with Crippen LogP contribution in [0.5, 0.6) is 0 Å². The van der Waals surface area contributed by atoms with Crippen LogP contribution in [0.15, 0.2) is 79.1 Å². The molecule has 0 saturated carbocycles. The summed E-state index contributed by atoms with van der Waals surface area (Å²) in [6, 6.07) is 22.4. The van der Waals surface area contributed by atoms with Crippen LogP contribution in [0.4, 0.5) is 0 Å². The van der Waals surface area contributed by atoms with Crippen LogP contribution in [0.1, 0.15) is 34.8 Å². The minimum absolute atomic E-state index is 0.0193. The van der Waals surface area contributed by atoms with E-state index in [1.165, 1.54) is 18.4 Å². The molecule has 1 fully saturated rings. The number of carbonyl (C=O) groups excluding carboxylic acids is 1. The van der Waals surface area contributed by atoms with E-state index in [1.807, 2.05) is 59.4 Å². The molecule has 1 aliphatic heterocycles.